The Bertz CT molecular complexity index is 883. The van der Waals surface area contributed by atoms with Gasteiger partial charge in [0.15, 0.2) is 0 Å². The highest BCUT2D eigenvalue weighted by molar-refractivity contribution is 7.89. The Morgan fingerprint density at radius 2 is 2.00 bits per heavy atom. The zero-order valence-electron chi connectivity index (χ0n) is 11.4. The number of hydrogen-bond donors (Lipinski definition) is 2. The van der Waals surface area contributed by atoms with Gasteiger partial charge in [0.05, 0.1) is 16.0 Å². The lowest BCUT2D eigenvalue weighted by Crippen LogP contribution is -2.18. The fraction of sp³-hybridized carbons (Fsp3) is 0. The number of benzene rings is 2. The molecule has 2 N–H and O–H groups in total. The first-order chi connectivity index (χ1) is 10.8. The number of sulfonamides is 1. The third kappa shape index (κ3) is 4.18. The highest BCUT2D eigenvalue weighted by Gasteiger charge is 2.16. The molecule has 0 amide bonds. The summed E-state index contributed by atoms with van der Waals surface area (Å²) >= 11 is 5.75. The van der Waals surface area contributed by atoms with Gasteiger partial charge in [-0.25, -0.2) is 4.83 Å². The van der Waals surface area contributed by atoms with Gasteiger partial charge in [-0.1, -0.05) is 17.7 Å². The predicted molar refractivity (Wildman–Crippen MR) is 84.1 cm³/mol. The molecule has 0 spiro atoms. The van der Waals surface area contributed by atoms with E-state index in [-0.39, 0.29) is 21.9 Å². The van der Waals surface area contributed by atoms with Crippen LogP contribution in [-0.4, -0.2) is 24.7 Å². The molecule has 0 atom stereocenters. The number of phenols is 1. The van der Waals surface area contributed by atoms with E-state index in [2.05, 4.69) is 5.10 Å². The number of hydrogen-bond acceptors (Lipinski definition) is 6. The van der Waals surface area contributed by atoms with Gasteiger partial charge in [0.1, 0.15) is 5.75 Å². The summed E-state index contributed by atoms with van der Waals surface area (Å²) in [6, 6.07) is 8.71. The van der Waals surface area contributed by atoms with E-state index >= 15 is 0 Å². The summed E-state index contributed by atoms with van der Waals surface area (Å²) in [7, 11) is -4.08. The Hall–Kier alpha value is -2.65. The van der Waals surface area contributed by atoms with Crippen molar-refractivity contribution in [2.45, 2.75) is 4.90 Å². The molecule has 2 aromatic rings. The molecule has 0 aromatic heterocycles. The van der Waals surface area contributed by atoms with Crippen LogP contribution in [0.4, 0.5) is 5.69 Å². The fourth-order valence-corrected chi connectivity index (χ4v) is 2.62. The van der Waals surface area contributed by atoms with Crippen molar-refractivity contribution in [2.75, 3.05) is 0 Å². The van der Waals surface area contributed by atoms with Crippen LogP contribution in [0.1, 0.15) is 5.56 Å². The molecule has 0 fully saturated rings. The summed E-state index contributed by atoms with van der Waals surface area (Å²) in [5.41, 5.74) is -0.149. The molecule has 0 unspecified atom stereocenters. The molecule has 0 aliphatic heterocycles. The molecule has 10 heteroatoms. The highest BCUT2D eigenvalue weighted by Crippen LogP contribution is 2.20. The van der Waals surface area contributed by atoms with E-state index in [1.165, 1.54) is 36.4 Å². The van der Waals surface area contributed by atoms with Crippen molar-refractivity contribution in [1.82, 2.24) is 4.83 Å². The Morgan fingerprint density at radius 1 is 1.26 bits per heavy atom. The van der Waals surface area contributed by atoms with Crippen LogP contribution in [0.5, 0.6) is 5.75 Å². The van der Waals surface area contributed by atoms with Crippen molar-refractivity contribution >= 4 is 33.5 Å². The van der Waals surface area contributed by atoms with Gasteiger partial charge < -0.3 is 5.11 Å². The van der Waals surface area contributed by atoms with Crippen LogP contribution < -0.4 is 4.83 Å². The summed E-state index contributed by atoms with van der Waals surface area (Å²) in [6.45, 7) is 0. The Kier molecular flexibility index (Phi) is 4.82. The topological polar surface area (TPSA) is 122 Å². The number of non-ortho nitro benzene ring substituents is 1. The number of aromatic hydroxyl groups is 1. The molecule has 0 saturated carbocycles. The third-order valence-electron chi connectivity index (χ3n) is 2.70. The van der Waals surface area contributed by atoms with Crippen LogP contribution in [0, 0.1) is 10.1 Å². The molecule has 0 bridgehead atoms. The molecule has 2 aromatic carbocycles. The largest absolute Gasteiger partial charge is 0.507 e. The molecule has 0 aliphatic rings. The van der Waals surface area contributed by atoms with E-state index in [0.717, 1.165) is 12.3 Å². The van der Waals surface area contributed by atoms with Crippen molar-refractivity contribution in [3.05, 3.63) is 63.2 Å². The minimum absolute atomic E-state index is 0.132. The number of nitro benzene ring substituents is 1. The van der Waals surface area contributed by atoms with Crippen molar-refractivity contribution in [2.24, 2.45) is 5.10 Å². The normalized spacial score (nSPS) is 11.5. The van der Waals surface area contributed by atoms with Gasteiger partial charge in [-0.2, -0.15) is 13.5 Å². The number of hydrazone groups is 1. The number of halogens is 1. The van der Waals surface area contributed by atoms with Crippen LogP contribution in [-0.2, 0) is 10.0 Å². The van der Waals surface area contributed by atoms with Crippen LogP contribution in [0.2, 0.25) is 5.02 Å². The molecule has 0 radical (unpaired) electrons. The Morgan fingerprint density at radius 3 is 2.70 bits per heavy atom. The predicted octanol–water partition coefficient (Wildman–Crippen LogP) is 2.27. The van der Waals surface area contributed by atoms with Gasteiger partial charge in [0, 0.05) is 22.7 Å². The number of nitrogens with zero attached hydrogens (tertiary/aromatic N) is 2. The second kappa shape index (κ2) is 6.63. The van der Waals surface area contributed by atoms with Gasteiger partial charge >= 0.3 is 0 Å². The average molecular weight is 356 g/mol. The summed E-state index contributed by atoms with van der Waals surface area (Å²) in [5.74, 6) is -0.132. The molecule has 23 heavy (non-hydrogen) atoms. The maximum Gasteiger partial charge on any atom is 0.276 e. The van der Waals surface area contributed by atoms with E-state index in [1.54, 1.807) is 0 Å². The van der Waals surface area contributed by atoms with E-state index < -0.39 is 14.9 Å². The van der Waals surface area contributed by atoms with Crippen molar-refractivity contribution in [3.8, 4) is 5.75 Å². The van der Waals surface area contributed by atoms with Crippen LogP contribution in [0.3, 0.4) is 0 Å². The van der Waals surface area contributed by atoms with Gasteiger partial charge in [-0.3, -0.25) is 10.1 Å². The monoisotopic (exact) mass is 355 g/mol. The lowest BCUT2D eigenvalue weighted by atomic mass is 10.2. The van der Waals surface area contributed by atoms with E-state index in [4.69, 9.17) is 11.6 Å². The number of nitrogens with one attached hydrogen (secondary N) is 1. The lowest BCUT2D eigenvalue weighted by molar-refractivity contribution is -0.385. The molecule has 8 nitrogen and oxygen atoms in total. The quantitative estimate of drug-likeness (QED) is 0.484. The summed E-state index contributed by atoms with van der Waals surface area (Å²) in [6.07, 6.45) is 1.07. The van der Waals surface area contributed by atoms with E-state index in [9.17, 15) is 23.6 Å². The number of rotatable bonds is 5. The van der Waals surface area contributed by atoms with Crippen molar-refractivity contribution < 1.29 is 18.4 Å². The second-order valence-electron chi connectivity index (χ2n) is 4.31. The van der Waals surface area contributed by atoms with Gasteiger partial charge in [0.2, 0.25) is 0 Å². The maximum absolute atomic E-state index is 12.0. The maximum atomic E-state index is 12.0. The summed E-state index contributed by atoms with van der Waals surface area (Å²) < 4.78 is 24.0. The molecular weight excluding hydrogens is 346 g/mol. The number of phenolic OH excluding ortho intramolecular Hbond substituents is 1. The van der Waals surface area contributed by atoms with Crippen molar-refractivity contribution in [1.29, 1.82) is 0 Å². The first-order valence-corrected chi connectivity index (χ1v) is 7.93. The first-order valence-electron chi connectivity index (χ1n) is 6.07. The minimum atomic E-state index is -4.08. The summed E-state index contributed by atoms with van der Waals surface area (Å²) in [5, 5.41) is 24.1. The van der Waals surface area contributed by atoms with Gasteiger partial charge in [0.25, 0.3) is 15.7 Å². The number of nitro groups is 1. The van der Waals surface area contributed by atoms with Crippen LogP contribution >= 0.6 is 11.6 Å². The molecule has 120 valence electrons. The minimum Gasteiger partial charge on any atom is -0.507 e. The molecule has 0 heterocycles. The zero-order valence-corrected chi connectivity index (χ0v) is 13.0. The molecule has 2 rings (SSSR count). The fourth-order valence-electron chi connectivity index (χ4n) is 1.61. The standard InChI is InChI=1S/C13H10ClN3O5S/c14-10-4-5-13(18)9(6-10)8-15-16-23(21,22)12-3-1-2-11(7-12)17(19)20/h1-8,16,18H/b15-8-. The lowest BCUT2D eigenvalue weighted by Gasteiger charge is -2.03. The SMILES string of the molecule is O=[N+]([O-])c1cccc(S(=O)(=O)N/N=C\c2cc(Cl)ccc2O)c1. The van der Waals surface area contributed by atoms with Crippen LogP contribution in [0.25, 0.3) is 0 Å². The first kappa shape index (κ1) is 16.7. The van der Waals surface area contributed by atoms with Crippen molar-refractivity contribution in [3.63, 3.8) is 0 Å². The highest BCUT2D eigenvalue weighted by atomic mass is 35.5. The zero-order chi connectivity index (χ0) is 17.0. The molecular formula is C13H10ClN3O5S. The second-order valence-corrected chi connectivity index (χ2v) is 6.41. The van der Waals surface area contributed by atoms with E-state index in [1.807, 2.05) is 4.83 Å². The Labute approximate surface area is 136 Å². The van der Waals surface area contributed by atoms with E-state index in [0.29, 0.717) is 5.02 Å². The van der Waals surface area contributed by atoms with Crippen LogP contribution in [0.15, 0.2) is 52.5 Å². The van der Waals surface area contributed by atoms with Gasteiger partial charge in [-0.05, 0) is 24.3 Å². The molecule has 0 saturated heterocycles. The average Bonchev–Trinajstić information content (AvgIpc) is 2.50. The molecule has 0 aliphatic carbocycles. The Balaban J connectivity index is 2.22. The third-order valence-corrected chi connectivity index (χ3v) is 4.16. The summed E-state index contributed by atoms with van der Waals surface area (Å²) in [4.78, 5) is 11.6. The smallest absolute Gasteiger partial charge is 0.276 e. The van der Waals surface area contributed by atoms with Gasteiger partial charge in [-0.15, -0.1) is 0 Å².